The fraction of sp³-hybridized carbons (Fsp3) is 0.474. The van der Waals surface area contributed by atoms with E-state index in [0.717, 1.165) is 32.4 Å². The fourth-order valence-corrected chi connectivity index (χ4v) is 3.46. The molecule has 1 N–H and O–H groups in total. The summed E-state index contributed by atoms with van der Waals surface area (Å²) in [5, 5.41) is 6.84. The third-order valence-electron chi connectivity index (χ3n) is 5.11. The van der Waals surface area contributed by atoms with E-state index < -0.39 is 0 Å². The van der Waals surface area contributed by atoms with Gasteiger partial charge in [-0.1, -0.05) is 42.4 Å². The summed E-state index contributed by atoms with van der Waals surface area (Å²) in [6.07, 6.45) is 3.05. The molecule has 128 valence electrons. The van der Waals surface area contributed by atoms with Crippen molar-refractivity contribution in [3.63, 3.8) is 0 Å². The van der Waals surface area contributed by atoms with Crippen LogP contribution >= 0.6 is 0 Å². The van der Waals surface area contributed by atoms with E-state index in [1.807, 2.05) is 24.8 Å². The van der Waals surface area contributed by atoms with E-state index in [9.17, 15) is 4.79 Å². The SMILES string of the molecule is Cc1noc(C)c1NC(=O)N1CCC[C@@](C)(c2ccccc2)CC1. The van der Waals surface area contributed by atoms with Crippen molar-refractivity contribution in [1.29, 1.82) is 0 Å². The van der Waals surface area contributed by atoms with Crippen LogP contribution < -0.4 is 5.32 Å². The molecule has 0 unspecified atom stereocenters. The lowest BCUT2D eigenvalue weighted by atomic mass is 9.76. The van der Waals surface area contributed by atoms with Crippen molar-refractivity contribution in [2.45, 2.75) is 45.4 Å². The second-order valence-electron chi connectivity index (χ2n) is 6.90. The topological polar surface area (TPSA) is 58.4 Å². The van der Waals surface area contributed by atoms with E-state index in [1.165, 1.54) is 5.56 Å². The Bertz CT molecular complexity index is 691. The normalized spacial score (nSPS) is 21.4. The quantitative estimate of drug-likeness (QED) is 0.896. The van der Waals surface area contributed by atoms with Gasteiger partial charge in [-0.2, -0.15) is 0 Å². The molecule has 0 spiro atoms. The van der Waals surface area contributed by atoms with Gasteiger partial charge in [0.1, 0.15) is 11.4 Å². The Morgan fingerprint density at radius 1 is 1.21 bits per heavy atom. The molecule has 2 heterocycles. The minimum atomic E-state index is -0.0679. The van der Waals surface area contributed by atoms with Crippen molar-refractivity contribution < 1.29 is 9.32 Å². The first-order valence-corrected chi connectivity index (χ1v) is 8.54. The summed E-state index contributed by atoms with van der Waals surface area (Å²) in [7, 11) is 0. The van der Waals surface area contributed by atoms with E-state index in [4.69, 9.17) is 4.52 Å². The number of carbonyl (C=O) groups is 1. The van der Waals surface area contributed by atoms with Crippen LogP contribution in [-0.2, 0) is 5.41 Å². The summed E-state index contributed by atoms with van der Waals surface area (Å²) in [5.74, 6) is 0.643. The Hall–Kier alpha value is -2.30. The van der Waals surface area contributed by atoms with Gasteiger partial charge in [0.15, 0.2) is 5.76 Å². The molecule has 0 radical (unpaired) electrons. The number of hydrogen-bond donors (Lipinski definition) is 1. The average molecular weight is 327 g/mol. The number of anilines is 1. The molecule has 0 bridgehead atoms. The minimum absolute atomic E-state index is 0.0679. The van der Waals surface area contributed by atoms with Crippen molar-refractivity contribution in [3.05, 3.63) is 47.3 Å². The molecule has 0 aliphatic carbocycles. The smallest absolute Gasteiger partial charge is 0.321 e. The van der Waals surface area contributed by atoms with Crippen molar-refractivity contribution >= 4 is 11.7 Å². The molecule has 1 aromatic carbocycles. The molecule has 1 aliphatic heterocycles. The number of urea groups is 1. The van der Waals surface area contributed by atoms with Crippen LogP contribution in [0.25, 0.3) is 0 Å². The standard InChI is InChI=1S/C19H25N3O2/c1-14-17(15(2)24-21-14)20-18(23)22-12-7-10-19(3,11-13-22)16-8-5-4-6-9-16/h4-6,8-9H,7,10-13H2,1-3H3,(H,20,23)/t19-/m1/s1. The van der Waals surface area contributed by atoms with Crippen molar-refractivity contribution in [2.24, 2.45) is 0 Å². The van der Waals surface area contributed by atoms with Gasteiger partial charge in [-0.25, -0.2) is 4.79 Å². The lowest BCUT2D eigenvalue weighted by molar-refractivity contribution is 0.212. The fourth-order valence-electron chi connectivity index (χ4n) is 3.46. The van der Waals surface area contributed by atoms with Crippen LogP contribution in [0, 0.1) is 13.8 Å². The zero-order valence-electron chi connectivity index (χ0n) is 14.6. The first-order valence-electron chi connectivity index (χ1n) is 8.54. The van der Waals surface area contributed by atoms with Crippen LogP contribution in [0.3, 0.4) is 0 Å². The van der Waals surface area contributed by atoms with E-state index in [-0.39, 0.29) is 11.4 Å². The summed E-state index contributed by atoms with van der Waals surface area (Å²) in [4.78, 5) is 14.5. The molecule has 2 aromatic rings. The van der Waals surface area contributed by atoms with Gasteiger partial charge in [0, 0.05) is 13.1 Å². The number of carbonyl (C=O) groups excluding carboxylic acids is 1. The van der Waals surface area contributed by atoms with E-state index in [1.54, 1.807) is 0 Å². The maximum absolute atomic E-state index is 12.6. The third kappa shape index (κ3) is 3.30. The van der Waals surface area contributed by atoms with E-state index in [2.05, 4.69) is 41.7 Å². The molecular formula is C19H25N3O2. The molecule has 24 heavy (non-hydrogen) atoms. The van der Waals surface area contributed by atoms with Crippen molar-refractivity contribution in [1.82, 2.24) is 10.1 Å². The second-order valence-corrected chi connectivity index (χ2v) is 6.90. The Morgan fingerprint density at radius 3 is 2.62 bits per heavy atom. The van der Waals surface area contributed by atoms with E-state index >= 15 is 0 Å². The van der Waals surface area contributed by atoms with Crippen molar-refractivity contribution in [3.8, 4) is 0 Å². The highest BCUT2D eigenvalue weighted by molar-refractivity contribution is 5.90. The van der Waals surface area contributed by atoms with Crippen LogP contribution in [0.4, 0.5) is 10.5 Å². The molecular weight excluding hydrogens is 302 g/mol. The average Bonchev–Trinajstić information content (AvgIpc) is 2.79. The Kier molecular flexibility index (Phi) is 4.60. The molecule has 2 amide bonds. The summed E-state index contributed by atoms with van der Waals surface area (Å²) in [6.45, 7) is 7.47. The second kappa shape index (κ2) is 6.67. The lowest BCUT2D eigenvalue weighted by Crippen LogP contribution is -2.36. The number of nitrogens with zero attached hydrogens (tertiary/aromatic N) is 2. The van der Waals surface area contributed by atoms with Crippen LogP contribution in [0.2, 0.25) is 0 Å². The molecule has 1 saturated heterocycles. The maximum Gasteiger partial charge on any atom is 0.321 e. The van der Waals surface area contributed by atoms with Gasteiger partial charge in [0.2, 0.25) is 0 Å². The first kappa shape index (κ1) is 16.6. The molecule has 5 nitrogen and oxygen atoms in total. The summed E-state index contributed by atoms with van der Waals surface area (Å²) in [5.41, 5.74) is 2.89. The van der Waals surface area contributed by atoms with Crippen LogP contribution in [0.15, 0.2) is 34.9 Å². The van der Waals surface area contributed by atoms with Gasteiger partial charge in [-0.3, -0.25) is 0 Å². The third-order valence-corrected chi connectivity index (χ3v) is 5.11. The van der Waals surface area contributed by atoms with Gasteiger partial charge in [0.05, 0.1) is 0 Å². The molecule has 1 aliphatic rings. The summed E-state index contributed by atoms with van der Waals surface area (Å²) in [6, 6.07) is 10.6. The minimum Gasteiger partial charge on any atom is -0.359 e. The number of hydrogen-bond acceptors (Lipinski definition) is 3. The van der Waals surface area contributed by atoms with Crippen LogP contribution in [-0.4, -0.2) is 29.2 Å². The molecule has 0 saturated carbocycles. The number of nitrogens with one attached hydrogen (secondary N) is 1. The molecule has 5 heteroatoms. The summed E-state index contributed by atoms with van der Waals surface area (Å²) < 4.78 is 5.12. The lowest BCUT2D eigenvalue weighted by Gasteiger charge is -2.29. The number of likely N-dealkylation sites (tertiary alicyclic amines) is 1. The predicted octanol–water partition coefficient (Wildman–Crippen LogP) is 4.27. The predicted molar refractivity (Wildman–Crippen MR) is 94.2 cm³/mol. The van der Waals surface area contributed by atoms with Crippen LogP contribution in [0.5, 0.6) is 0 Å². The summed E-state index contributed by atoms with van der Waals surface area (Å²) >= 11 is 0. The van der Waals surface area contributed by atoms with E-state index in [0.29, 0.717) is 17.1 Å². The zero-order valence-corrected chi connectivity index (χ0v) is 14.6. The Balaban J connectivity index is 1.68. The Labute approximate surface area is 143 Å². The highest BCUT2D eigenvalue weighted by atomic mass is 16.5. The van der Waals surface area contributed by atoms with Gasteiger partial charge in [-0.05, 0) is 44.1 Å². The van der Waals surface area contributed by atoms with Gasteiger partial charge in [-0.15, -0.1) is 0 Å². The van der Waals surface area contributed by atoms with Gasteiger partial charge in [0.25, 0.3) is 0 Å². The molecule has 3 rings (SSSR count). The van der Waals surface area contributed by atoms with Crippen molar-refractivity contribution in [2.75, 3.05) is 18.4 Å². The number of benzene rings is 1. The van der Waals surface area contributed by atoms with Crippen LogP contribution in [0.1, 0.15) is 43.2 Å². The monoisotopic (exact) mass is 327 g/mol. The maximum atomic E-state index is 12.6. The highest BCUT2D eigenvalue weighted by Gasteiger charge is 2.31. The first-order chi connectivity index (χ1) is 11.5. The van der Waals surface area contributed by atoms with Gasteiger partial charge >= 0.3 is 6.03 Å². The molecule has 1 aromatic heterocycles. The van der Waals surface area contributed by atoms with Gasteiger partial charge < -0.3 is 14.7 Å². The Morgan fingerprint density at radius 2 is 1.96 bits per heavy atom. The highest BCUT2D eigenvalue weighted by Crippen LogP contribution is 2.35. The number of amides is 2. The number of aryl methyl sites for hydroxylation is 2. The molecule has 1 fully saturated rings. The number of aromatic nitrogens is 1. The molecule has 1 atom stereocenters. The largest absolute Gasteiger partial charge is 0.359 e. The zero-order chi connectivity index (χ0) is 17.2. The number of rotatable bonds is 2.